The van der Waals surface area contributed by atoms with Crippen LogP contribution >= 0.6 is 22.6 Å². The van der Waals surface area contributed by atoms with Crippen LogP contribution in [0.4, 0.5) is 0 Å². The summed E-state index contributed by atoms with van der Waals surface area (Å²) in [5, 5.41) is 3.04. The average Bonchev–Trinajstić information content (AvgIpc) is 2.37. The van der Waals surface area contributed by atoms with Crippen LogP contribution in [0, 0.1) is 3.57 Å². The molecule has 0 bridgehead atoms. The summed E-state index contributed by atoms with van der Waals surface area (Å²) in [6.07, 6.45) is 6.14. The standard InChI is InChI=1S/C8H11IN2/c1-10-4-2-3-8-5-7(9)6-11-8/h2-3,5-6,10-11H,4H2,1H3. The van der Waals surface area contributed by atoms with Gasteiger partial charge in [0.25, 0.3) is 0 Å². The maximum Gasteiger partial charge on any atom is 0.0388 e. The van der Waals surface area contributed by atoms with Gasteiger partial charge in [-0.2, -0.15) is 0 Å². The maximum absolute atomic E-state index is 3.14. The van der Waals surface area contributed by atoms with Crippen molar-refractivity contribution in [1.29, 1.82) is 0 Å². The van der Waals surface area contributed by atoms with Crippen LogP contribution in [0.15, 0.2) is 18.3 Å². The third kappa shape index (κ3) is 3.07. The lowest BCUT2D eigenvalue weighted by atomic mass is 10.4. The predicted octanol–water partition coefficient (Wildman–Crippen LogP) is 1.85. The van der Waals surface area contributed by atoms with Crippen molar-refractivity contribution in [2.45, 2.75) is 0 Å². The van der Waals surface area contributed by atoms with Gasteiger partial charge in [0.15, 0.2) is 0 Å². The topological polar surface area (TPSA) is 27.8 Å². The molecular formula is C8H11IN2. The summed E-state index contributed by atoms with van der Waals surface area (Å²) in [5.41, 5.74) is 1.16. The van der Waals surface area contributed by atoms with E-state index < -0.39 is 0 Å². The molecule has 3 heteroatoms. The van der Waals surface area contributed by atoms with Crippen molar-refractivity contribution in [3.05, 3.63) is 27.6 Å². The fraction of sp³-hybridized carbons (Fsp3) is 0.250. The Morgan fingerprint density at radius 3 is 3.09 bits per heavy atom. The van der Waals surface area contributed by atoms with E-state index in [1.54, 1.807) is 0 Å². The number of H-pyrrole nitrogens is 1. The quantitative estimate of drug-likeness (QED) is 0.799. The summed E-state index contributed by atoms with van der Waals surface area (Å²) in [5.74, 6) is 0. The number of hydrogen-bond acceptors (Lipinski definition) is 1. The highest BCUT2D eigenvalue weighted by atomic mass is 127. The second kappa shape index (κ2) is 4.56. The molecular weight excluding hydrogens is 251 g/mol. The Morgan fingerprint density at radius 2 is 2.55 bits per heavy atom. The molecule has 1 aromatic rings. The summed E-state index contributed by atoms with van der Waals surface area (Å²) >= 11 is 2.28. The van der Waals surface area contributed by atoms with Crippen molar-refractivity contribution in [1.82, 2.24) is 10.3 Å². The van der Waals surface area contributed by atoms with Crippen molar-refractivity contribution >= 4 is 28.7 Å². The van der Waals surface area contributed by atoms with Crippen molar-refractivity contribution < 1.29 is 0 Å². The Hall–Kier alpha value is -0.290. The van der Waals surface area contributed by atoms with E-state index >= 15 is 0 Å². The predicted molar refractivity (Wildman–Crippen MR) is 56.5 cm³/mol. The molecule has 0 saturated carbocycles. The zero-order chi connectivity index (χ0) is 8.10. The normalized spacial score (nSPS) is 11.1. The Bertz CT molecular complexity index is 240. The van der Waals surface area contributed by atoms with Gasteiger partial charge < -0.3 is 10.3 Å². The number of rotatable bonds is 3. The van der Waals surface area contributed by atoms with E-state index in [1.807, 2.05) is 13.2 Å². The monoisotopic (exact) mass is 262 g/mol. The molecule has 0 amide bonds. The van der Waals surface area contributed by atoms with Gasteiger partial charge in [-0.3, -0.25) is 0 Å². The van der Waals surface area contributed by atoms with Crippen LogP contribution in [0.3, 0.4) is 0 Å². The van der Waals surface area contributed by atoms with Gasteiger partial charge in [0.2, 0.25) is 0 Å². The summed E-state index contributed by atoms with van der Waals surface area (Å²) in [7, 11) is 1.93. The Morgan fingerprint density at radius 1 is 1.73 bits per heavy atom. The molecule has 0 radical (unpaired) electrons. The fourth-order valence-electron chi connectivity index (χ4n) is 0.784. The molecule has 1 heterocycles. The lowest BCUT2D eigenvalue weighted by Crippen LogP contribution is -2.03. The van der Waals surface area contributed by atoms with Gasteiger partial charge in [-0.1, -0.05) is 6.08 Å². The van der Waals surface area contributed by atoms with Crippen molar-refractivity contribution in [3.8, 4) is 0 Å². The average molecular weight is 262 g/mol. The Balaban J connectivity index is 2.50. The second-order valence-electron chi connectivity index (χ2n) is 2.23. The second-order valence-corrected chi connectivity index (χ2v) is 3.48. The molecule has 0 atom stereocenters. The zero-order valence-electron chi connectivity index (χ0n) is 6.39. The van der Waals surface area contributed by atoms with E-state index in [0.29, 0.717) is 0 Å². The summed E-state index contributed by atoms with van der Waals surface area (Å²) in [6, 6.07) is 2.10. The van der Waals surface area contributed by atoms with Crippen LogP contribution in [0.5, 0.6) is 0 Å². The van der Waals surface area contributed by atoms with E-state index in [1.165, 1.54) is 3.57 Å². The molecule has 0 saturated heterocycles. The highest BCUT2D eigenvalue weighted by Crippen LogP contribution is 2.06. The third-order valence-corrected chi connectivity index (χ3v) is 1.91. The van der Waals surface area contributed by atoms with E-state index in [0.717, 1.165) is 12.2 Å². The first kappa shape index (κ1) is 8.80. The van der Waals surface area contributed by atoms with Crippen molar-refractivity contribution in [2.24, 2.45) is 0 Å². The first-order chi connectivity index (χ1) is 5.33. The molecule has 11 heavy (non-hydrogen) atoms. The molecule has 2 nitrogen and oxygen atoms in total. The molecule has 0 aliphatic rings. The molecule has 1 aromatic heterocycles. The molecule has 1 rings (SSSR count). The minimum Gasteiger partial charge on any atom is -0.361 e. The largest absolute Gasteiger partial charge is 0.361 e. The van der Waals surface area contributed by atoms with Gasteiger partial charge in [-0.05, 0) is 41.8 Å². The summed E-state index contributed by atoms with van der Waals surface area (Å²) < 4.78 is 1.24. The smallest absolute Gasteiger partial charge is 0.0388 e. The van der Waals surface area contributed by atoms with Gasteiger partial charge in [0, 0.05) is 22.0 Å². The molecule has 0 aliphatic carbocycles. The number of likely N-dealkylation sites (N-methyl/N-ethyl adjacent to an activating group) is 1. The van der Waals surface area contributed by atoms with E-state index in [-0.39, 0.29) is 0 Å². The van der Waals surface area contributed by atoms with Gasteiger partial charge in [-0.15, -0.1) is 0 Å². The van der Waals surface area contributed by atoms with Gasteiger partial charge >= 0.3 is 0 Å². The number of aromatic amines is 1. The SMILES string of the molecule is CNCC=Cc1cc(I)c[nH]1. The molecule has 0 unspecified atom stereocenters. The Kier molecular flexibility index (Phi) is 3.65. The highest BCUT2D eigenvalue weighted by molar-refractivity contribution is 14.1. The van der Waals surface area contributed by atoms with Gasteiger partial charge in [0.1, 0.15) is 0 Å². The van der Waals surface area contributed by atoms with Crippen LogP contribution in [-0.2, 0) is 0 Å². The van der Waals surface area contributed by atoms with E-state index in [9.17, 15) is 0 Å². The molecule has 0 fully saturated rings. The first-order valence-electron chi connectivity index (χ1n) is 3.48. The minimum atomic E-state index is 0.912. The molecule has 0 aliphatic heterocycles. The maximum atomic E-state index is 3.14. The number of halogens is 1. The molecule has 0 spiro atoms. The minimum absolute atomic E-state index is 0.912. The van der Waals surface area contributed by atoms with Crippen LogP contribution in [0.1, 0.15) is 5.69 Å². The zero-order valence-corrected chi connectivity index (χ0v) is 8.55. The van der Waals surface area contributed by atoms with Crippen molar-refractivity contribution in [2.75, 3.05) is 13.6 Å². The lowest BCUT2D eigenvalue weighted by molar-refractivity contribution is 0.922. The van der Waals surface area contributed by atoms with Crippen LogP contribution in [0.25, 0.3) is 6.08 Å². The number of hydrogen-bond donors (Lipinski definition) is 2. The van der Waals surface area contributed by atoms with Crippen LogP contribution in [0.2, 0.25) is 0 Å². The fourth-order valence-corrected chi connectivity index (χ4v) is 1.28. The van der Waals surface area contributed by atoms with E-state index in [4.69, 9.17) is 0 Å². The number of aromatic nitrogens is 1. The lowest BCUT2D eigenvalue weighted by Gasteiger charge is -1.86. The summed E-state index contributed by atoms with van der Waals surface area (Å²) in [6.45, 7) is 0.912. The Labute approximate surface area is 80.2 Å². The highest BCUT2D eigenvalue weighted by Gasteiger charge is 1.88. The van der Waals surface area contributed by atoms with Gasteiger partial charge in [-0.25, -0.2) is 0 Å². The third-order valence-electron chi connectivity index (χ3n) is 1.29. The molecule has 0 aromatic carbocycles. The van der Waals surface area contributed by atoms with Crippen LogP contribution in [-0.4, -0.2) is 18.6 Å². The van der Waals surface area contributed by atoms with E-state index in [2.05, 4.69) is 51.1 Å². The van der Waals surface area contributed by atoms with Gasteiger partial charge in [0.05, 0.1) is 0 Å². The van der Waals surface area contributed by atoms with Crippen LogP contribution < -0.4 is 5.32 Å². The van der Waals surface area contributed by atoms with Crippen molar-refractivity contribution in [3.63, 3.8) is 0 Å². The summed E-state index contributed by atoms with van der Waals surface area (Å²) in [4.78, 5) is 3.14. The number of nitrogens with one attached hydrogen (secondary N) is 2. The molecule has 2 N–H and O–H groups in total. The molecule has 60 valence electrons. The first-order valence-corrected chi connectivity index (χ1v) is 4.56.